The van der Waals surface area contributed by atoms with Gasteiger partial charge in [-0.25, -0.2) is 23.3 Å². The van der Waals surface area contributed by atoms with E-state index in [1.165, 1.54) is 17.1 Å². The van der Waals surface area contributed by atoms with Gasteiger partial charge in [-0.3, -0.25) is 4.79 Å². The molecule has 0 saturated carbocycles. The second-order valence-electron chi connectivity index (χ2n) is 7.62. The van der Waals surface area contributed by atoms with Gasteiger partial charge in [-0.05, 0) is 42.7 Å². The average molecular weight is 410 g/mol. The lowest BCUT2D eigenvalue weighted by atomic mass is 9.94. The van der Waals surface area contributed by atoms with Crippen molar-refractivity contribution in [2.75, 3.05) is 18.0 Å². The predicted molar refractivity (Wildman–Crippen MR) is 107 cm³/mol. The summed E-state index contributed by atoms with van der Waals surface area (Å²) in [4.78, 5) is 19.5. The van der Waals surface area contributed by atoms with Crippen molar-refractivity contribution in [3.05, 3.63) is 59.9 Å². The van der Waals surface area contributed by atoms with Crippen molar-refractivity contribution in [1.29, 1.82) is 0 Å². The summed E-state index contributed by atoms with van der Waals surface area (Å²) < 4.78 is 29.0. The third kappa shape index (κ3) is 3.40. The Labute approximate surface area is 171 Å². The number of benzene rings is 1. The lowest BCUT2D eigenvalue weighted by Gasteiger charge is -2.34. The number of carbonyl (C=O) groups excluding carboxylic acids is 1. The van der Waals surface area contributed by atoms with Crippen LogP contribution in [-0.2, 0) is 4.79 Å². The lowest BCUT2D eigenvalue weighted by Crippen LogP contribution is -2.41. The third-order valence-electron chi connectivity index (χ3n) is 5.73. The van der Waals surface area contributed by atoms with Gasteiger partial charge in [0.2, 0.25) is 5.91 Å². The van der Waals surface area contributed by atoms with Crippen molar-refractivity contribution in [1.82, 2.24) is 19.6 Å². The summed E-state index contributed by atoms with van der Waals surface area (Å²) in [7, 11) is 0. The Morgan fingerprint density at radius 2 is 1.83 bits per heavy atom. The van der Waals surface area contributed by atoms with Gasteiger partial charge in [0.1, 0.15) is 17.5 Å². The molecule has 0 bridgehead atoms. The molecule has 0 N–H and O–H groups in total. The number of hydrogen-bond donors (Lipinski definition) is 0. The molecule has 0 spiro atoms. The zero-order valence-corrected chi connectivity index (χ0v) is 16.2. The molecule has 30 heavy (non-hydrogen) atoms. The third-order valence-corrected chi connectivity index (χ3v) is 5.73. The quantitative estimate of drug-likeness (QED) is 0.665. The van der Waals surface area contributed by atoms with Crippen LogP contribution in [0.1, 0.15) is 30.9 Å². The van der Waals surface area contributed by atoms with Crippen LogP contribution in [0.2, 0.25) is 0 Å². The molecule has 1 amide bonds. The Bertz CT molecular complexity index is 1100. The molecule has 1 saturated heterocycles. The second kappa shape index (κ2) is 7.47. The number of piperidine rings is 1. The van der Waals surface area contributed by atoms with E-state index in [1.54, 1.807) is 23.1 Å². The Hall–Kier alpha value is -3.36. The molecule has 5 rings (SSSR count). The van der Waals surface area contributed by atoms with Gasteiger partial charge < -0.3 is 4.90 Å². The summed E-state index contributed by atoms with van der Waals surface area (Å²) in [6.45, 7) is 1.39. The molecule has 3 aromatic rings. The molecule has 0 aliphatic carbocycles. The number of nitrogens with zero attached hydrogens (tertiary/aromatic N) is 6. The molecule has 7 nitrogen and oxygen atoms in total. The van der Waals surface area contributed by atoms with E-state index in [0.29, 0.717) is 37.9 Å². The Kier molecular flexibility index (Phi) is 4.65. The van der Waals surface area contributed by atoms with Gasteiger partial charge in [0.05, 0.1) is 6.04 Å². The van der Waals surface area contributed by atoms with Crippen molar-refractivity contribution in [2.24, 2.45) is 11.0 Å². The number of aromatic nitrogens is 3. The molecule has 2 aliphatic rings. The van der Waals surface area contributed by atoms with Crippen LogP contribution in [0.3, 0.4) is 0 Å². The first-order valence-corrected chi connectivity index (χ1v) is 9.95. The van der Waals surface area contributed by atoms with Crippen LogP contribution in [-0.4, -0.2) is 44.8 Å². The lowest BCUT2D eigenvalue weighted by molar-refractivity contribution is -0.138. The molecule has 1 fully saturated rings. The molecular formula is C21H20F2N6O. The zero-order valence-electron chi connectivity index (χ0n) is 16.2. The summed E-state index contributed by atoms with van der Waals surface area (Å²) in [6.07, 6.45) is 6.91. The van der Waals surface area contributed by atoms with Gasteiger partial charge in [-0.2, -0.15) is 5.10 Å². The van der Waals surface area contributed by atoms with Crippen LogP contribution in [0.4, 0.5) is 14.6 Å². The van der Waals surface area contributed by atoms with Gasteiger partial charge in [0.25, 0.3) is 0 Å². The number of hydrogen-bond acceptors (Lipinski definition) is 5. The molecular weight excluding hydrogens is 390 g/mol. The molecule has 1 atom stereocenters. The van der Waals surface area contributed by atoms with Crippen LogP contribution >= 0.6 is 0 Å². The molecule has 2 aromatic heterocycles. The fraction of sp³-hybridized carbons (Fsp3) is 0.333. The monoisotopic (exact) mass is 410 g/mol. The minimum absolute atomic E-state index is 0.101. The number of halogens is 2. The molecule has 4 heterocycles. The first-order chi connectivity index (χ1) is 14.6. The highest BCUT2D eigenvalue weighted by molar-refractivity contribution is 5.82. The van der Waals surface area contributed by atoms with Crippen LogP contribution in [0.25, 0.3) is 5.65 Å². The minimum Gasteiger partial charge on any atom is -0.355 e. The van der Waals surface area contributed by atoms with E-state index in [9.17, 15) is 13.6 Å². The molecule has 0 radical (unpaired) electrons. The minimum atomic E-state index is -0.653. The first-order valence-electron chi connectivity index (χ1n) is 9.95. The number of anilines is 1. The molecule has 9 heteroatoms. The summed E-state index contributed by atoms with van der Waals surface area (Å²) >= 11 is 0. The summed E-state index contributed by atoms with van der Waals surface area (Å²) in [5, 5.41) is 10.2. The van der Waals surface area contributed by atoms with E-state index in [-0.39, 0.29) is 11.8 Å². The van der Waals surface area contributed by atoms with Crippen LogP contribution < -0.4 is 4.90 Å². The van der Waals surface area contributed by atoms with Crippen LogP contribution in [0, 0.1) is 17.6 Å². The smallest absolute Gasteiger partial charge is 0.246 e. The van der Waals surface area contributed by atoms with Gasteiger partial charge in [0.15, 0.2) is 5.65 Å². The topological polar surface area (TPSA) is 66.1 Å². The zero-order chi connectivity index (χ0) is 20.7. The summed E-state index contributed by atoms with van der Waals surface area (Å²) in [5.41, 5.74) is 1.21. The second-order valence-corrected chi connectivity index (χ2v) is 7.62. The van der Waals surface area contributed by atoms with E-state index in [4.69, 9.17) is 0 Å². The number of carbonyl (C=O) groups is 1. The van der Waals surface area contributed by atoms with Crippen molar-refractivity contribution < 1.29 is 13.6 Å². The highest BCUT2D eigenvalue weighted by Gasteiger charge is 2.35. The van der Waals surface area contributed by atoms with Gasteiger partial charge >= 0.3 is 0 Å². The number of fused-ring (bicyclic) bond motifs is 1. The standard InChI is InChI=1S/C21H20F2N6O/c22-16-11-15(12-17(23)13-16)18-3-6-25-29(18)21(30)14-4-8-27(9-5-14)20-2-1-19-24-7-10-28(19)26-20/h1-2,6-7,10-14,18H,3-5,8-9H2. The summed E-state index contributed by atoms with van der Waals surface area (Å²) in [6, 6.07) is 6.75. The van der Waals surface area contributed by atoms with E-state index < -0.39 is 17.7 Å². The number of hydrazone groups is 1. The van der Waals surface area contributed by atoms with Crippen molar-refractivity contribution in [3.63, 3.8) is 0 Å². The first kappa shape index (κ1) is 18.7. The SMILES string of the molecule is O=C(C1CCN(c2ccc3nccn3n2)CC1)N1N=CCC1c1cc(F)cc(F)c1. The highest BCUT2D eigenvalue weighted by atomic mass is 19.1. The van der Waals surface area contributed by atoms with Gasteiger partial charge in [-0.15, -0.1) is 5.10 Å². The Balaban J connectivity index is 1.27. The largest absolute Gasteiger partial charge is 0.355 e. The van der Waals surface area contributed by atoms with Crippen molar-refractivity contribution in [3.8, 4) is 0 Å². The predicted octanol–water partition coefficient (Wildman–Crippen LogP) is 3.18. The number of rotatable bonds is 3. The Morgan fingerprint density at radius 1 is 1.07 bits per heavy atom. The normalized spacial score (nSPS) is 19.7. The Morgan fingerprint density at radius 3 is 2.60 bits per heavy atom. The molecule has 2 aliphatic heterocycles. The fourth-order valence-electron chi connectivity index (χ4n) is 4.19. The maximum absolute atomic E-state index is 13.6. The van der Waals surface area contributed by atoms with Crippen LogP contribution in [0.15, 0.2) is 47.8 Å². The maximum Gasteiger partial charge on any atom is 0.246 e. The number of imidazole rings is 1. The maximum atomic E-state index is 13.6. The molecule has 154 valence electrons. The van der Waals surface area contributed by atoms with Crippen molar-refractivity contribution in [2.45, 2.75) is 25.3 Å². The number of amides is 1. The van der Waals surface area contributed by atoms with E-state index in [1.807, 2.05) is 12.1 Å². The summed E-state index contributed by atoms with van der Waals surface area (Å²) in [5.74, 6) is -0.746. The van der Waals surface area contributed by atoms with Gasteiger partial charge in [-0.1, -0.05) is 0 Å². The molecule has 1 unspecified atom stereocenters. The average Bonchev–Trinajstić information content (AvgIpc) is 3.41. The molecule has 1 aromatic carbocycles. The van der Waals surface area contributed by atoms with Gasteiger partial charge in [0, 0.05) is 50.1 Å². The van der Waals surface area contributed by atoms with Crippen LogP contribution in [0.5, 0.6) is 0 Å². The highest BCUT2D eigenvalue weighted by Crippen LogP contribution is 2.33. The van der Waals surface area contributed by atoms with Crippen molar-refractivity contribution >= 4 is 23.6 Å². The van der Waals surface area contributed by atoms with E-state index in [2.05, 4.69) is 20.1 Å². The van der Waals surface area contributed by atoms with E-state index >= 15 is 0 Å². The fourth-order valence-corrected chi connectivity index (χ4v) is 4.19. The van der Waals surface area contributed by atoms with E-state index in [0.717, 1.165) is 17.5 Å².